The van der Waals surface area contributed by atoms with Gasteiger partial charge in [0.15, 0.2) is 0 Å². The maximum atomic E-state index is 12.3. The van der Waals surface area contributed by atoms with Crippen LogP contribution in [0.3, 0.4) is 0 Å². The minimum atomic E-state index is -5.04. The van der Waals surface area contributed by atoms with E-state index in [2.05, 4.69) is 9.08 Å². The van der Waals surface area contributed by atoms with Crippen LogP contribution >= 0.6 is 0 Å². The van der Waals surface area contributed by atoms with Crippen LogP contribution in [0.15, 0.2) is 24.3 Å². The molecule has 6 nitrogen and oxygen atoms in total. The normalized spacial score (nSPS) is 17.0. The number of halogens is 1. The molecule has 0 bridgehead atoms. The number of hydrogen-bond donors (Lipinski definition) is 0. The summed E-state index contributed by atoms with van der Waals surface area (Å²) in [5.74, 6) is -0.296. The summed E-state index contributed by atoms with van der Waals surface area (Å²) in [5.41, 5.74) is 0.415. The SMILES string of the molecule is CN1CCN(C(=O)c2ccc(OS(=O)(=O)F)cc2)CC1. The van der Waals surface area contributed by atoms with Gasteiger partial charge < -0.3 is 14.0 Å². The summed E-state index contributed by atoms with van der Waals surface area (Å²) in [5, 5.41) is 0. The molecule has 0 aromatic heterocycles. The minimum absolute atomic E-state index is 0.132. The van der Waals surface area contributed by atoms with Crippen molar-refractivity contribution in [1.82, 2.24) is 9.80 Å². The molecular weight excluding hydrogens is 287 g/mol. The van der Waals surface area contributed by atoms with Crippen molar-refractivity contribution in [3.8, 4) is 5.75 Å². The van der Waals surface area contributed by atoms with E-state index in [4.69, 9.17) is 0 Å². The average molecular weight is 302 g/mol. The Kier molecular flexibility index (Phi) is 4.24. The van der Waals surface area contributed by atoms with Crippen molar-refractivity contribution >= 4 is 16.4 Å². The zero-order valence-electron chi connectivity index (χ0n) is 11.0. The van der Waals surface area contributed by atoms with Gasteiger partial charge in [-0.2, -0.15) is 8.42 Å². The molecule has 0 atom stereocenters. The first-order valence-electron chi connectivity index (χ1n) is 6.07. The standard InChI is InChI=1S/C12H15FN2O4S/c1-14-6-8-15(9-7-14)12(16)10-2-4-11(5-3-10)19-20(13,17)18/h2-5H,6-9H2,1H3. The first kappa shape index (κ1) is 14.7. The highest BCUT2D eigenvalue weighted by Gasteiger charge is 2.20. The van der Waals surface area contributed by atoms with Crippen LogP contribution in [-0.4, -0.2) is 57.4 Å². The number of carbonyl (C=O) groups is 1. The Hall–Kier alpha value is -1.67. The third-order valence-corrected chi connectivity index (χ3v) is 3.48. The number of amides is 1. The molecule has 0 radical (unpaired) electrons. The maximum Gasteiger partial charge on any atom is 0.488 e. The summed E-state index contributed by atoms with van der Waals surface area (Å²) >= 11 is 0. The highest BCUT2D eigenvalue weighted by Crippen LogP contribution is 2.16. The molecule has 1 fully saturated rings. The van der Waals surface area contributed by atoms with Crippen LogP contribution in [-0.2, 0) is 10.5 Å². The Balaban J connectivity index is 2.04. The number of likely N-dealkylation sites (N-methyl/N-ethyl adjacent to an activating group) is 1. The molecule has 0 aliphatic carbocycles. The fourth-order valence-corrected chi connectivity index (χ4v) is 2.30. The van der Waals surface area contributed by atoms with E-state index in [-0.39, 0.29) is 11.7 Å². The highest BCUT2D eigenvalue weighted by molar-refractivity contribution is 7.81. The number of carbonyl (C=O) groups excluding carboxylic acids is 1. The van der Waals surface area contributed by atoms with E-state index in [1.54, 1.807) is 4.90 Å². The Bertz CT molecular complexity index is 580. The number of piperazine rings is 1. The van der Waals surface area contributed by atoms with Crippen molar-refractivity contribution in [3.63, 3.8) is 0 Å². The van der Waals surface area contributed by atoms with Crippen molar-refractivity contribution in [3.05, 3.63) is 29.8 Å². The summed E-state index contributed by atoms with van der Waals surface area (Å²) in [6.45, 7) is 2.92. The predicted molar refractivity (Wildman–Crippen MR) is 70.5 cm³/mol. The first-order chi connectivity index (χ1) is 9.35. The zero-order chi connectivity index (χ0) is 14.8. The van der Waals surface area contributed by atoms with Crippen LogP contribution in [0.2, 0.25) is 0 Å². The van der Waals surface area contributed by atoms with Gasteiger partial charge in [-0.3, -0.25) is 4.79 Å². The van der Waals surface area contributed by atoms with Gasteiger partial charge in [0.2, 0.25) is 0 Å². The summed E-state index contributed by atoms with van der Waals surface area (Å²) in [6, 6.07) is 5.34. The lowest BCUT2D eigenvalue weighted by molar-refractivity contribution is 0.0664. The molecule has 1 heterocycles. The molecule has 2 rings (SSSR count). The van der Waals surface area contributed by atoms with Crippen LogP contribution in [0.4, 0.5) is 3.89 Å². The van der Waals surface area contributed by atoms with E-state index in [0.29, 0.717) is 18.7 Å². The molecule has 1 aromatic rings. The smallest absolute Gasteiger partial charge is 0.358 e. The Labute approximate surface area is 117 Å². The summed E-state index contributed by atoms with van der Waals surface area (Å²) < 4.78 is 37.1. The van der Waals surface area contributed by atoms with E-state index in [0.717, 1.165) is 13.1 Å². The van der Waals surface area contributed by atoms with Crippen molar-refractivity contribution in [2.75, 3.05) is 33.2 Å². The van der Waals surface area contributed by atoms with Gasteiger partial charge in [0.05, 0.1) is 0 Å². The van der Waals surface area contributed by atoms with Gasteiger partial charge in [0.25, 0.3) is 5.91 Å². The van der Waals surface area contributed by atoms with Gasteiger partial charge in [-0.05, 0) is 31.3 Å². The molecule has 1 aromatic carbocycles. The van der Waals surface area contributed by atoms with Gasteiger partial charge in [-0.15, -0.1) is 0 Å². The fraction of sp³-hybridized carbons (Fsp3) is 0.417. The fourth-order valence-electron chi connectivity index (χ4n) is 1.96. The molecule has 0 saturated carbocycles. The van der Waals surface area contributed by atoms with Crippen molar-refractivity contribution in [2.45, 2.75) is 0 Å². The monoisotopic (exact) mass is 302 g/mol. The third-order valence-electron chi connectivity index (χ3n) is 3.09. The number of nitrogens with zero attached hydrogens (tertiary/aromatic N) is 2. The Morgan fingerprint density at radius 1 is 1.15 bits per heavy atom. The molecule has 8 heteroatoms. The largest absolute Gasteiger partial charge is 0.488 e. The third kappa shape index (κ3) is 3.91. The van der Waals surface area contributed by atoms with Crippen molar-refractivity contribution < 1.29 is 21.3 Å². The van der Waals surface area contributed by atoms with Gasteiger partial charge in [-0.1, -0.05) is 3.89 Å². The maximum absolute atomic E-state index is 12.3. The lowest BCUT2D eigenvalue weighted by Crippen LogP contribution is -2.47. The lowest BCUT2D eigenvalue weighted by Gasteiger charge is -2.32. The van der Waals surface area contributed by atoms with Gasteiger partial charge in [-0.25, -0.2) is 0 Å². The van der Waals surface area contributed by atoms with E-state index >= 15 is 0 Å². The average Bonchev–Trinajstić information content (AvgIpc) is 2.38. The van der Waals surface area contributed by atoms with Crippen LogP contribution in [0.1, 0.15) is 10.4 Å². The van der Waals surface area contributed by atoms with E-state index in [9.17, 15) is 17.1 Å². The molecule has 1 aliphatic rings. The number of rotatable bonds is 3. The molecule has 110 valence electrons. The van der Waals surface area contributed by atoms with Gasteiger partial charge >= 0.3 is 10.5 Å². The second-order valence-electron chi connectivity index (χ2n) is 4.60. The lowest BCUT2D eigenvalue weighted by atomic mass is 10.2. The second-order valence-corrected chi connectivity index (χ2v) is 5.55. The summed E-state index contributed by atoms with van der Waals surface area (Å²) in [6.07, 6.45) is 0. The molecule has 20 heavy (non-hydrogen) atoms. The second kappa shape index (κ2) is 5.76. The van der Waals surface area contributed by atoms with Crippen LogP contribution < -0.4 is 4.18 Å². The summed E-state index contributed by atoms with van der Waals surface area (Å²) in [4.78, 5) is 16.0. The van der Waals surface area contributed by atoms with Crippen LogP contribution in [0.5, 0.6) is 5.75 Å². The predicted octanol–water partition coefficient (Wildman–Crippen LogP) is 0.667. The van der Waals surface area contributed by atoms with Gasteiger partial charge in [0.1, 0.15) is 5.75 Å². The van der Waals surface area contributed by atoms with E-state index in [1.165, 1.54) is 24.3 Å². The zero-order valence-corrected chi connectivity index (χ0v) is 11.8. The molecule has 0 N–H and O–H groups in total. The molecule has 1 saturated heterocycles. The molecule has 1 aliphatic heterocycles. The van der Waals surface area contributed by atoms with Crippen molar-refractivity contribution in [2.24, 2.45) is 0 Å². The molecule has 0 unspecified atom stereocenters. The first-order valence-corrected chi connectivity index (χ1v) is 7.38. The quantitative estimate of drug-likeness (QED) is 0.768. The molecular formula is C12H15FN2O4S. The molecule has 0 spiro atoms. The minimum Gasteiger partial charge on any atom is -0.358 e. The topological polar surface area (TPSA) is 66.9 Å². The highest BCUT2D eigenvalue weighted by atomic mass is 32.3. The van der Waals surface area contributed by atoms with Crippen LogP contribution in [0, 0.1) is 0 Å². The van der Waals surface area contributed by atoms with Crippen molar-refractivity contribution in [1.29, 1.82) is 0 Å². The van der Waals surface area contributed by atoms with E-state index < -0.39 is 10.5 Å². The molecule has 1 amide bonds. The number of benzene rings is 1. The van der Waals surface area contributed by atoms with Gasteiger partial charge in [0, 0.05) is 31.7 Å². The van der Waals surface area contributed by atoms with E-state index in [1.807, 2.05) is 7.05 Å². The Morgan fingerprint density at radius 2 is 1.70 bits per heavy atom. The summed E-state index contributed by atoms with van der Waals surface area (Å²) in [7, 11) is -3.05. The number of hydrogen-bond acceptors (Lipinski definition) is 5. The van der Waals surface area contributed by atoms with Crippen LogP contribution in [0.25, 0.3) is 0 Å². The Morgan fingerprint density at radius 3 is 2.20 bits per heavy atom.